The first-order valence-corrected chi connectivity index (χ1v) is 8.61. The van der Waals surface area contributed by atoms with Gasteiger partial charge < -0.3 is 15.0 Å². The molecule has 0 aromatic carbocycles. The maximum absolute atomic E-state index is 5.96. The zero-order valence-corrected chi connectivity index (χ0v) is 15.4. The fourth-order valence-corrected chi connectivity index (χ4v) is 3.18. The zero-order chi connectivity index (χ0) is 17.8. The molecule has 25 heavy (non-hydrogen) atoms. The van der Waals surface area contributed by atoms with E-state index in [2.05, 4.69) is 32.2 Å². The number of aryl methyl sites for hydroxylation is 2. The maximum atomic E-state index is 5.96. The predicted molar refractivity (Wildman–Crippen MR) is 97.7 cm³/mol. The summed E-state index contributed by atoms with van der Waals surface area (Å²) in [5, 5.41) is 7.93. The summed E-state index contributed by atoms with van der Waals surface area (Å²) < 4.78 is 7.87. The van der Waals surface area contributed by atoms with Crippen LogP contribution in [0.15, 0.2) is 29.4 Å². The second-order valence-corrected chi connectivity index (χ2v) is 6.32. The molecule has 134 valence electrons. The number of aliphatic imine (C=N–C) groups is 1. The molecule has 1 aliphatic rings. The molecular formula is C18H26N6O. The van der Waals surface area contributed by atoms with Gasteiger partial charge >= 0.3 is 0 Å². The van der Waals surface area contributed by atoms with Crippen molar-refractivity contribution >= 4 is 5.96 Å². The van der Waals surface area contributed by atoms with Crippen LogP contribution >= 0.6 is 0 Å². The van der Waals surface area contributed by atoms with Gasteiger partial charge in [0, 0.05) is 57.1 Å². The van der Waals surface area contributed by atoms with Gasteiger partial charge in [0.1, 0.15) is 6.10 Å². The summed E-state index contributed by atoms with van der Waals surface area (Å²) in [5.74, 6) is 1.58. The summed E-state index contributed by atoms with van der Waals surface area (Å²) in [6, 6.07) is 5.72. The minimum atomic E-state index is 0.135. The monoisotopic (exact) mass is 342 g/mol. The lowest BCUT2D eigenvalue weighted by Crippen LogP contribution is -2.40. The number of likely N-dealkylation sites (tertiary alicyclic amines) is 1. The van der Waals surface area contributed by atoms with Gasteiger partial charge in [-0.25, -0.2) is 4.98 Å². The van der Waals surface area contributed by atoms with Crippen molar-refractivity contribution in [2.75, 3.05) is 20.1 Å². The SMILES string of the molecule is CN=C(NCc1c(C)nn(C)c1C)N1CCC(Oc2ccccn2)C1. The van der Waals surface area contributed by atoms with Crippen molar-refractivity contribution in [2.45, 2.75) is 32.9 Å². The third-order valence-corrected chi connectivity index (χ3v) is 4.66. The van der Waals surface area contributed by atoms with Crippen LogP contribution in [0.1, 0.15) is 23.4 Å². The highest BCUT2D eigenvalue weighted by Gasteiger charge is 2.26. The van der Waals surface area contributed by atoms with Crippen molar-refractivity contribution in [3.63, 3.8) is 0 Å². The van der Waals surface area contributed by atoms with E-state index in [0.29, 0.717) is 5.88 Å². The molecule has 7 nitrogen and oxygen atoms in total. The zero-order valence-electron chi connectivity index (χ0n) is 15.4. The Kier molecular flexibility index (Phi) is 5.21. The molecule has 3 rings (SSSR count). The molecule has 7 heteroatoms. The molecule has 1 saturated heterocycles. The summed E-state index contributed by atoms with van der Waals surface area (Å²) in [4.78, 5) is 10.9. The first-order chi connectivity index (χ1) is 12.1. The lowest BCUT2D eigenvalue weighted by molar-refractivity contribution is 0.205. The summed E-state index contributed by atoms with van der Waals surface area (Å²) in [6.07, 6.45) is 2.85. The Hall–Kier alpha value is -2.57. The molecule has 0 saturated carbocycles. The number of ether oxygens (including phenoxy) is 1. The molecule has 2 aromatic rings. The van der Waals surface area contributed by atoms with Crippen LogP contribution < -0.4 is 10.1 Å². The van der Waals surface area contributed by atoms with Crippen LogP contribution in [0.3, 0.4) is 0 Å². The average molecular weight is 342 g/mol. The van der Waals surface area contributed by atoms with E-state index in [-0.39, 0.29) is 6.10 Å². The average Bonchev–Trinajstić information content (AvgIpc) is 3.16. The fraction of sp³-hybridized carbons (Fsp3) is 0.500. The van der Waals surface area contributed by atoms with Crippen LogP contribution in [0.4, 0.5) is 0 Å². The van der Waals surface area contributed by atoms with Crippen molar-refractivity contribution < 1.29 is 4.74 Å². The maximum Gasteiger partial charge on any atom is 0.213 e. The molecule has 0 aliphatic carbocycles. The summed E-state index contributed by atoms with van der Waals surface area (Å²) in [7, 11) is 3.79. The number of nitrogens with zero attached hydrogens (tertiary/aromatic N) is 5. The molecule has 1 aliphatic heterocycles. The molecule has 1 atom stereocenters. The topological polar surface area (TPSA) is 67.6 Å². The number of rotatable bonds is 4. The number of guanidine groups is 1. The standard InChI is InChI=1S/C18H26N6O/c1-13-16(14(2)23(4)22-13)11-21-18(19-3)24-10-8-15(12-24)25-17-7-5-6-9-20-17/h5-7,9,15H,8,10-12H2,1-4H3,(H,19,21). The van der Waals surface area contributed by atoms with Gasteiger partial charge in [-0.15, -0.1) is 0 Å². The highest BCUT2D eigenvalue weighted by molar-refractivity contribution is 5.80. The molecule has 2 aromatic heterocycles. The number of hydrogen-bond donors (Lipinski definition) is 1. The van der Waals surface area contributed by atoms with E-state index >= 15 is 0 Å². The molecule has 0 amide bonds. The van der Waals surface area contributed by atoms with Crippen LogP contribution in [0.25, 0.3) is 0 Å². The van der Waals surface area contributed by atoms with Crippen LogP contribution in [0.2, 0.25) is 0 Å². The minimum absolute atomic E-state index is 0.135. The Morgan fingerprint density at radius 1 is 1.40 bits per heavy atom. The Balaban J connectivity index is 1.57. The van der Waals surface area contributed by atoms with E-state index in [9.17, 15) is 0 Å². The second kappa shape index (κ2) is 7.55. The molecule has 0 bridgehead atoms. The molecule has 1 fully saturated rings. The lowest BCUT2D eigenvalue weighted by Gasteiger charge is -2.21. The molecule has 0 spiro atoms. The molecule has 0 radical (unpaired) electrons. The van der Waals surface area contributed by atoms with Crippen LogP contribution in [-0.4, -0.2) is 51.9 Å². The Morgan fingerprint density at radius 2 is 2.24 bits per heavy atom. The molecule has 3 heterocycles. The predicted octanol–water partition coefficient (Wildman–Crippen LogP) is 1.66. The van der Waals surface area contributed by atoms with E-state index in [4.69, 9.17) is 4.74 Å². The summed E-state index contributed by atoms with van der Waals surface area (Å²) in [5.41, 5.74) is 3.46. The van der Waals surface area contributed by atoms with Gasteiger partial charge in [0.25, 0.3) is 0 Å². The van der Waals surface area contributed by atoms with E-state index in [0.717, 1.165) is 37.7 Å². The van der Waals surface area contributed by atoms with Crippen LogP contribution in [0.5, 0.6) is 5.88 Å². The largest absolute Gasteiger partial charge is 0.472 e. The first kappa shape index (κ1) is 17.3. The Morgan fingerprint density at radius 3 is 2.88 bits per heavy atom. The normalized spacial score (nSPS) is 17.8. The van der Waals surface area contributed by atoms with Gasteiger partial charge in [0.2, 0.25) is 5.88 Å². The van der Waals surface area contributed by atoms with Crippen molar-refractivity contribution in [1.29, 1.82) is 0 Å². The van der Waals surface area contributed by atoms with E-state index in [1.54, 1.807) is 6.20 Å². The highest BCUT2D eigenvalue weighted by Crippen LogP contribution is 2.17. The van der Waals surface area contributed by atoms with Crippen LogP contribution in [0, 0.1) is 13.8 Å². The highest BCUT2D eigenvalue weighted by atomic mass is 16.5. The third-order valence-electron chi connectivity index (χ3n) is 4.66. The second-order valence-electron chi connectivity index (χ2n) is 6.32. The van der Waals surface area contributed by atoms with Gasteiger partial charge in [-0.1, -0.05) is 6.07 Å². The van der Waals surface area contributed by atoms with E-state index in [1.165, 1.54) is 11.3 Å². The number of pyridine rings is 1. The van der Waals surface area contributed by atoms with Crippen molar-refractivity contribution in [3.05, 3.63) is 41.3 Å². The number of aromatic nitrogens is 3. The quantitative estimate of drug-likeness (QED) is 0.676. The Bertz CT molecular complexity index is 740. The van der Waals surface area contributed by atoms with Gasteiger partial charge in [0.15, 0.2) is 5.96 Å². The molecular weight excluding hydrogens is 316 g/mol. The fourth-order valence-electron chi connectivity index (χ4n) is 3.18. The lowest BCUT2D eigenvalue weighted by atomic mass is 10.2. The van der Waals surface area contributed by atoms with Gasteiger partial charge in [0.05, 0.1) is 12.2 Å². The van der Waals surface area contributed by atoms with Gasteiger partial charge in [-0.2, -0.15) is 5.10 Å². The van der Waals surface area contributed by atoms with Crippen molar-refractivity contribution in [3.8, 4) is 5.88 Å². The molecule has 1 N–H and O–H groups in total. The number of hydrogen-bond acceptors (Lipinski definition) is 4. The van der Waals surface area contributed by atoms with Crippen LogP contribution in [-0.2, 0) is 13.6 Å². The van der Waals surface area contributed by atoms with Gasteiger partial charge in [-0.05, 0) is 19.9 Å². The minimum Gasteiger partial charge on any atom is -0.472 e. The Labute approximate surface area is 148 Å². The van der Waals surface area contributed by atoms with E-state index in [1.807, 2.05) is 43.9 Å². The van der Waals surface area contributed by atoms with Gasteiger partial charge in [-0.3, -0.25) is 9.67 Å². The summed E-state index contributed by atoms with van der Waals surface area (Å²) in [6.45, 7) is 6.58. The third kappa shape index (κ3) is 3.92. The smallest absolute Gasteiger partial charge is 0.213 e. The van der Waals surface area contributed by atoms with Crippen molar-refractivity contribution in [2.24, 2.45) is 12.0 Å². The summed E-state index contributed by atoms with van der Waals surface area (Å²) >= 11 is 0. The van der Waals surface area contributed by atoms with E-state index < -0.39 is 0 Å². The number of nitrogens with one attached hydrogen (secondary N) is 1. The first-order valence-electron chi connectivity index (χ1n) is 8.61. The van der Waals surface area contributed by atoms with Crippen molar-refractivity contribution in [1.82, 2.24) is 25.0 Å². The molecule has 1 unspecified atom stereocenters.